The van der Waals surface area contributed by atoms with Gasteiger partial charge in [0.1, 0.15) is 0 Å². The molecule has 0 spiro atoms. The van der Waals surface area contributed by atoms with Crippen molar-refractivity contribution < 1.29 is 17.9 Å². The molecule has 0 fully saturated rings. The predicted molar refractivity (Wildman–Crippen MR) is 62.1 cm³/mol. The molecule has 0 unspecified atom stereocenters. The standard InChI is InChI=1S/C7H14Cl2N2O4S/c1-3-7(4-8,5-9)11-16(13,14)10-6(12)15-2/h11H,3-5H2,1-2H3,(H,10,12). The molecule has 0 aromatic heterocycles. The lowest BCUT2D eigenvalue weighted by atomic mass is 10.0. The monoisotopic (exact) mass is 292 g/mol. The summed E-state index contributed by atoms with van der Waals surface area (Å²) in [4.78, 5) is 10.8. The fraction of sp³-hybridized carbons (Fsp3) is 0.857. The van der Waals surface area contributed by atoms with Gasteiger partial charge in [0.2, 0.25) is 0 Å². The van der Waals surface area contributed by atoms with Gasteiger partial charge in [-0.1, -0.05) is 6.92 Å². The molecule has 0 saturated heterocycles. The van der Waals surface area contributed by atoms with Gasteiger partial charge < -0.3 is 4.74 Å². The van der Waals surface area contributed by atoms with Crippen molar-refractivity contribution in [3.8, 4) is 0 Å². The Morgan fingerprint density at radius 1 is 1.38 bits per heavy atom. The van der Waals surface area contributed by atoms with Crippen LogP contribution in [-0.4, -0.2) is 38.9 Å². The maximum absolute atomic E-state index is 11.5. The molecule has 0 aromatic rings. The number of carbonyl (C=O) groups is 1. The predicted octanol–water partition coefficient (Wildman–Crippen LogP) is 0.803. The second-order valence-corrected chi connectivity index (χ2v) is 5.05. The Bertz CT molecular complexity index is 321. The molecule has 0 saturated carbocycles. The summed E-state index contributed by atoms with van der Waals surface area (Å²) in [6.07, 6.45) is -0.691. The van der Waals surface area contributed by atoms with Crippen LogP contribution in [0, 0.1) is 0 Å². The first-order valence-corrected chi connectivity index (χ1v) is 6.91. The molecule has 0 heterocycles. The van der Waals surface area contributed by atoms with Crippen LogP contribution in [-0.2, 0) is 14.9 Å². The van der Waals surface area contributed by atoms with Crippen LogP contribution in [0.4, 0.5) is 4.79 Å². The van der Waals surface area contributed by atoms with Gasteiger partial charge in [-0.3, -0.25) is 0 Å². The Hall–Kier alpha value is -0.240. The van der Waals surface area contributed by atoms with E-state index in [-0.39, 0.29) is 11.8 Å². The number of halogens is 2. The second kappa shape index (κ2) is 6.48. The van der Waals surface area contributed by atoms with Crippen LogP contribution in [0.15, 0.2) is 0 Å². The summed E-state index contributed by atoms with van der Waals surface area (Å²) in [5, 5.41) is 0. The van der Waals surface area contributed by atoms with E-state index in [4.69, 9.17) is 23.2 Å². The summed E-state index contributed by atoms with van der Waals surface area (Å²) in [5.74, 6) is -0.00976. The Morgan fingerprint density at radius 3 is 2.19 bits per heavy atom. The third-order valence-electron chi connectivity index (χ3n) is 1.94. The molecule has 0 rings (SSSR count). The molecule has 0 aliphatic rings. The first kappa shape index (κ1) is 15.8. The number of hydrogen-bond acceptors (Lipinski definition) is 4. The molecule has 16 heavy (non-hydrogen) atoms. The third-order valence-corrected chi connectivity index (χ3v) is 4.10. The summed E-state index contributed by atoms with van der Waals surface area (Å²) in [5.41, 5.74) is -0.983. The van der Waals surface area contributed by atoms with E-state index in [0.29, 0.717) is 6.42 Å². The fourth-order valence-corrected chi connectivity index (χ4v) is 2.98. The lowest BCUT2D eigenvalue weighted by molar-refractivity contribution is 0.177. The quantitative estimate of drug-likeness (QED) is 0.710. The molecule has 0 aliphatic heterocycles. The first-order valence-electron chi connectivity index (χ1n) is 4.36. The van der Waals surface area contributed by atoms with E-state index in [1.165, 1.54) is 0 Å². The van der Waals surface area contributed by atoms with Gasteiger partial charge in [-0.25, -0.2) is 9.52 Å². The number of methoxy groups -OCH3 is 1. The molecular weight excluding hydrogens is 279 g/mol. The zero-order chi connectivity index (χ0) is 12.8. The minimum atomic E-state index is -4.03. The van der Waals surface area contributed by atoms with E-state index in [1.54, 1.807) is 11.6 Å². The molecule has 0 atom stereocenters. The molecule has 1 amide bonds. The average molecular weight is 293 g/mol. The van der Waals surface area contributed by atoms with Crippen molar-refractivity contribution >= 4 is 39.5 Å². The van der Waals surface area contributed by atoms with Crippen LogP contribution in [0.25, 0.3) is 0 Å². The van der Waals surface area contributed by atoms with E-state index >= 15 is 0 Å². The van der Waals surface area contributed by atoms with E-state index in [2.05, 4.69) is 9.46 Å². The number of rotatable bonds is 6. The summed E-state index contributed by atoms with van der Waals surface area (Å²) >= 11 is 11.3. The summed E-state index contributed by atoms with van der Waals surface area (Å²) in [7, 11) is -2.97. The van der Waals surface area contributed by atoms with Crippen LogP contribution in [0.2, 0.25) is 0 Å². The summed E-state index contributed by atoms with van der Waals surface area (Å²) < 4.78 is 30.9. The molecule has 2 N–H and O–H groups in total. The van der Waals surface area contributed by atoms with Crippen molar-refractivity contribution in [3.05, 3.63) is 0 Å². The normalized spacial score (nSPS) is 12.2. The largest absolute Gasteiger partial charge is 0.452 e. The number of carbonyl (C=O) groups excluding carboxylic acids is 1. The molecule has 0 aliphatic carbocycles. The molecule has 0 bridgehead atoms. The zero-order valence-electron chi connectivity index (χ0n) is 8.92. The number of amides is 1. The van der Waals surface area contributed by atoms with Crippen molar-refractivity contribution in [1.29, 1.82) is 0 Å². The molecule has 96 valence electrons. The Labute approximate surface area is 105 Å². The number of nitrogens with one attached hydrogen (secondary N) is 2. The highest BCUT2D eigenvalue weighted by atomic mass is 35.5. The fourth-order valence-electron chi connectivity index (χ4n) is 0.813. The number of ether oxygens (including phenoxy) is 1. The van der Waals surface area contributed by atoms with Crippen LogP contribution in [0.1, 0.15) is 13.3 Å². The molecule has 0 radical (unpaired) electrons. The van der Waals surface area contributed by atoms with Crippen molar-refractivity contribution in [2.75, 3.05) is 18.9 Å². The number of alkyl halides is 2. The zero-order valence-corrected chi connectivity index (χ0v) is 11.2. The minimum Gasteiger partial charge on any atom is -0.452 e. The third kappa shape index (κ3) is 4.73. The molecular formula is C7H14Cl2N2O4S. The van der Waals surface area contributed by atoms with E-state index in [1.807, 2.05) is 0 Å². The van der Waals surface area contributed by atoms with Gasteiger partial charge in [-0.05, 0) is 6.42 Å². The van der Waals surface area contributed by atoms with Crippen LogP contribution in [0.3, 0.4) is 0 Å². The average Bonchev–Trinajstić information content (AvgIpc) is 2.25. The summed E-state index contributed by atoms with van der Waals surface area (Å²) in [6.45, 7) is 1.73. The molecule has 9 heteroatoms. The highest BCUT2D eigenvalue weighted by Crippen LogP contribution is 2.15. The van der Waals surface area contributed by atoms with Gasteiger partial charge in [0.05, 0.1) is 12.6 Å². The topological polar surface area (TPSA) is 84.5 Å². The highest BCUT2D eigenvalue weighted by Gasteiger charge is 2.32. The van der Waals surface area contributed by atoms with Crippen LogP contribution < -0.4 is 9.44 Å². The SMILES string of the molecule is CCC(CCl)(CCl)NS(=O)(=O)NC(=O)OC. The van der Waals surface area contributed by atoms with Crippen LogP contribution >= 0.6 is 23.2 Å². The molecule has 6 nitrogen and oxygen atoms in total. The van der Waals surface area contributed by atoms with Gasteiger partial charge in [0.25, 0.3) is 0 Å². The molecule has 0 aromatic carbocycles. The minimum absolute atomic E-state index is 0.00488. The summed E-state index contributed by atoms with van der Waals surface area (Å²) in [6, 6.07) is 0. The van der Waals surface area contributed by atoms with Gasteiger partial charge in [0, 0.05) is 11.8 Å². The van der Waals surface area contributed by atoms with E-state index in [0.717, 1.165) is 7.11 Å². The van der Waals surface area contributed by atoms with Gasteiger partial charge in [-0.2, -0.15) is 13.1 Å². The van der Waals surface area contributed by atoms with E-state index in [9.17, 15) is 13.2 Å². The van der Waals surface area contributed by atoms with Crippen molar-refractivity contribution in [2.24, 2.45) is 0 Å². The van der Waals surface area contributed by atoms with Crippen LogP contribution in [0.5, 0.6) is 0 Å². The van der Waals surface area contributed by atoms with Gasteiger partial charge in [0.15, 0.2) is 0 Å². The maximum atomic E-state index is 11.5. The second-order valence-electron chi connectivity index (χ2n) is 3.10. The van der Waals surface area contributed by atoms with Gasteiger partial charge >= 0.3 is 16.3 Å². The van der Waals surface area contributed by atoms with Crippen molar-refractivity contribution in [3.63, 3.8) is 0 Å². The first-order chi connectivity index (χ1) is 7.34. The van der Waals surface area contributed by atoms with Crippen molar-refractivity contribution in [1.82, 2.24) is 9.44 Å². The smallest absolute Gasteiger partial charge is 0.421 e. The Kier molecular flexibility index (Phi) is 6.39. The lowest BCUT2D eigenvalue weighted by Gasteiger charge is -2.28. The Balaban J connectivity index is 4.73. The Morgan fingerprint density at radius 2 is 1.88 bits per heavy atom. The number of hydrogen-bond donors (Lipinski definition) is 2. The van der Waals surface area contributed by atoms with Crippen molar-refractivity contribution in [2.45, 2.75) is 18.9 Å². The van der Waals surface area contributed by atoms with Gasteiger partial charge in [-0.15, -0.1) is 23.2 Å². The lowest BCUT2D eigenvalue weighted by Crippen LogP contribution is -2.55. The maximum Gasteiger partial charge on any atom is 0.421 e. The highest BCUT2D eigenvalue weighted by molar-refractivity contribution is 7.88. The van der Waals surface area contributed by atoms with E-state index < -0.39 is 21.8 Å².